The van der Waals surface area contributed by atoms with E-state index in [0.29, 0.717) is 31.5 Å². The Morgan fingerprint density at radius 1 is 1.36 bits per heavy atom. The summed E-state index contributed by atoms with van der Waals surface area (Å²) in [4.78, 5) is 23.0. The molecule has 6 nitrogen and oxygen atoms in total. The number of carbonyl (C=O) groups is 2. The number of nitrogens with one attached hydrogen (secondary N) is 2. The molecule has 2 amide bonds. The Hall–Kier alpha value is -2.37. The Morgan fingerprint density at radius 2 is 2.14 bits per heavy atom. The van der Waals surface area contributed by atoms with Crippen LogP contribution < -0.4 is 15.5 Å². The van der Waals surface area contributed by atoms with Gasteiger partial charge >= 0.3 is 0 Å². The Bertz CT molecular complexity index is 623. The van der Waals surface area contributed by atoms with Crippen molar-refractivity contribution in [1.82, 2.24) is 10.7 Å². The highest BCUT2D eigenvalue weighted by atomic mass is 16.5. The molecule has 0 atom stereocenters. The van der Waals surface area contributed by atoms with Crippen LogP contribution in [-0.4, -0.2) is 31.2 Å². The second kappa shape index (κ2) is 7.06. The van der Waals surface area contributed by atoms with Gasteiger partial charge in [-0.15, -0.1) is 0 Å². The normalized spacial score (nSPS) is 14.1. The van der Waals surface area contributed by atoms with Gasteiger partial charge in [0.1, 0.15) is 11.5 Å². The van der Waals surface area contributed by atoms with Crippen molar-refractivity contribution in [2.75, 3.05) is 13.7 Å². The minimum absolute atomic E-state index is 0.156. The lowest BCUT2D eigenvalue weighted by Crippen LogP contribution is -2.37. The summed E-state index contributed by atoms with van der Waals surface area (Å²) in [5, 5.41) is 6.61. The van der Waals surface area contributed by atoms with Gasteiger partial charge in [-0.2, -0.15) is 5.10 Å². The van der Waals surface area contributed by atoms with Gasteiger partial charge in [0, 0.05) is 19.4 Å². The molecule has 0 radical (unpaired) electrons. The third-order valence-electron chi connectivity index (χ3n) is 3.62. The Balaban J connectivity index is 1.94. The summed E-state index contributed by atoms with van der Waals surface area (Å²) >= 11 is 0. The molecular weight excluding hydrogens is 282 g/mol. The van der Waals surface area contributed by atoms with Gasteiger partial charge in [0.25, 0.3) is 5.91 Å². The fourth-order valence-electron chi connectivity index (χ4n) is 2.50. The maximum atomic E-state index is 12.0. The molecule has 0 aromatic heterocycles. The lowest BCUT2D eigenvalue weighted by atomic mass is 10.0. The first-order valence-electron chi connectivity index (χ1n) is 7.29. The zero-order valence-corrected chi connectivity index (χ0v) is 13.2. The van der Waals surface area contributed by atoms with Gasteiger partial charge in [0.2, 0.25) is 5.91 Å². The molecule has 1 heterocycles. The third kappa shape index (κ3) is 3.84. The summed E-state index contributed by atoms with van der Waals surface area (Å²) in [5.74, 6) is 0.453. The molecule has 1 aliphatic heterocycles. The molecule has 1 aromatic rings. The minimum atomic E-state index is -0.233. The van der Waals surface area contributed by atoms with Gasteiger partial charge in [0.05, 0.1) is 7.11 Å². The lowest BCUT2D eigenvalue weighted by Gasteiger charge is -2.15. The van der Waals surface area contributed by atoms with Crippen molar-refractivity contribution in [3.8, 4) is 5.75 Å². The second-order valence-electron chi connectivity index (χ2n) is 5.36. The topological polar surface area (TPSA) is 79.8 Å². The fourth-order valence-corrected chi connectivity index (χ4v) is 2.50. The van der Waals surface area contributed by atoms with E-state index in [2.05, 4.69) is 21.9 Å². The molecule has 22 heavy (non-hydrogen) atoms. The first-order valence-corrected chi connectivity index (χ1v) is 7.29. The van der Waals surface area contributed by atoms with Gasteiger partial charge < -0.3 is 10.1 Å². The van der Waals surface area contributed by atoms with E-state index in [1.165, 1.54) is 0 Å². The second-order valence-corrected chi connectivity index (χ2v) is 5.36. The Labute approximate surface area is 129 Å². The monoisotopic (exact) mass is 303 g/mol. The molecule has 2 N–H and O–H groups in total. The summed E-state index contributed by atoms with van der Waals surface area (Å²) in [6.45, 7) is 4.55. The molecule has 1 aliphatic rings. The number of nitrogens with zero attached hydrogens (tertiary/aromatic N) is 1. The van der Waals surface area contributed by atoms with Crippen LogP contribution in [0.4, 0.5) is 0 Å². The summed E-state index contributed by atoms with van der Waals surface area (Å²) < 4.78 is 5.41. The molecule has 0 bridgehead atoms. The number of aryl methyl sites for hydroxylation is 2. The predicted octanol–water partition coefficient (Wildman–Crippen LogP) is 1.24. The summed E-state index contributed by atoms with van der Waals surface area (Å²) in [7, 11) is 1.65. The van der Waals surface area contributed by atoms with Crippen LogP contribution >= 0.6 is 0 Å². The van der Waals surface area contributed by atoms with Crippen molar-refractivity contribution in [3.63, 3.8) is 0 Å². The van der Waals surface area contributed by atoms with Crippen LogP contribution in [-0.2, 0) is 16.0 Å². The zero-order valence-electron chi connectivity index (χ0n) is 13.2. The highest BCUT2D eigenvalue weighted by molar-refractivity contribution is 6.39. The van der Waals surface area contributed by atoms with Gasteiger partial charge in [-0.3, -0.25) is 9.59 Å². The number of benzene rings is 1. The number of hydrazone groups is 1. The zero-order chi connectivity index (χ0) is 16.1. The number of amides is 2. The molecule has 0 saturated carbocycles. The lowest BCUT2D eigenvalue weighted by molar-refractivity contribution is -0.121. The highest BCUT2D eigenvalue weighted by Gasteiger charge is 2.18. The number of hydrogen-bond acceptors (Lipinski definition) is 4. The molecule has 0 unspecified atom stereocenters. The number of hydrogen-bond donors (Lipinski definition) is 2. The molecule has 6 heteroatoms. The van der Waals surface area contributed by atoms with E-state index < -0.39 is 0 Å². The Kier molecular flexibility index (Phi) is 5.14. The molecule has 1 aromatic carbocycles. The van der Waals surface area contributed by atoms with Crippen LogP contribution in [0, 0.1) is 13.8 Å². The molecule has 0 saturated heterocycles. The molecular formula is C16H21N3O3. The van der Waals surface area contributed by atoms with E-state index in [-0.39, 0.29) is 11.8 Å². The summed E-state index contributed by atoms with van der Waals surface area (Å²) in [6, 6.07) is 4.09. The van der Waals surface area contributed by atoms with Crippen LogP contribution in [0.1, 0.15) is 29.5 Å². The van der Waals surface area contributed by atoms with Crippen molar-refractivity contribution >= 4 is 17.5 Å². The average molecular weight is 303 g/mol. The van der Waals surface area contributed by atoms with E-state index >= 15 is 0 Å². The first-order chi connectivity index (χ1) is 10.5. The third-order valence-corrected chi connectivity index (χ3v) is 3.62. The van der Waals surface area contributed by atoms with E-state index in [9.17, 15) is 9.59 Å². The summed E-state index contributed by atoms with van der Waals surface area (Å²) in [5.41, 5.74) is 6.08. The van der Waals surface area contributed by atoms with E-state index in [4.69, 9.17) is 4.74 Å². The van der Waals surface area contributed by atoms with Gasteiger partial charge in [-0.05, 0) is 43.0 Å². The van der Waals surface area contributed by atoms with E-state index in [0.717, 1.165) is 22.4 Å². The van der Waals surface area contributed by atoms with Gasteiger partial charge in [-0.1, -0.05) is 6.07 Å². The van der Waals surface area contributed by atoms with Crippen LogP contribution in [0.5, 0.6) is 5.75 Å². The number of methoxy groups -OCH3 is 1. The molecule has 0 spiro atoms. The van der Waals surface area contributed by atoms with Crippen LogP contribution in [0.25, 0.3) is 0 Å². The molecule has 2 rings (SSSR count). The van der Waals surface area contributed by atoms with Crippen molar-refractivity contribution in [2.24, 2.45) is 5.10 Å². The number of carbonyl (C=O) groups excluding carboxylic acids is 2. The van der Waals surface area contributed by atoms with Crippen LogP contribution in [0.15, 0.2) is 17.2 Å². The number of ether oxygens (including phenoxy) is 1. The summed E-state index contributed by atoms with van der Waals surface area (Å²) in [6.07, 6.45) is 1.36. The van der Waals surface area contributed by atoms with Crippen molar-refractivity contribution < 1.29 is 14.3 Å². The van der Waals surface area contributed by atoms with Gasteiger partial charge in [0.15, 0.2) is 0 Å². The van der Waals surface area contributed by atoms with Crippen molar-refractivity contribution in [2.45, 2.75) is 33.1 Å². The van der Waals surface area contributed by atoms with E-state index in [1.54, 1.807) is 7.11 Å². The van der Waals surface area contributed by atoms with E-state index in [1.807, 2.05) is 19.9 Å². The number of rotatable bonds is 5. The SMILES string of the molecule is COc1cc(C)cc(C)c1CCNC(=O)C1=NNC(=O)CC1. The highest BCUT2D eigenvalue weighted by Crippen LogP contribution is 2.24. The average Bonchev–Trinajstić information content (AvgIpc) is 2.49. The van der Waals surface area contributed by atoms with Crippen molar-refractivity contribution in [3.05, 3.63) is 28.8 Å². The maximum absolute atomic E-state index is 12.0. The van der Waals surface area contributed by atoms with Crippen molar-refractivity contribution in [1.29, 1.82) is 0 Å². The minimum Gasteiger partial charge on any atom is -0.496 e. The van der Waals surface area contributed by atoms with Crippen LogP contribution in [0.3, 0.4) is 0 Å². The smallest absolute Gasteiger partial charge is 0.267 e. The molecule has 118 valence electrons. The Morgan fingerprint density at radius 3 is 2.77 bits per heavy atom. The largest absolute Gasteiger partial charge is 0.496 e. The quantitative estimate of drug-likeness (QED) is 0.859. The maximum Gasteiger partial charge on any atom is 0.267 e. The predicted molar refractivity (Wildman–Crippen MR) is 84.0 cm³/mol. The molecule has 0 aliphatic carbocycles. The fraction of sp³-hybridized carbons (Fsp3) is 0.438. The van der Waals surface area contributed by atoms with Crippen LogP contribution in [0.2, 0.25) is 0 Å². The standard InChI is InChI=1S/C16H21N3O3/c1-10-8-11(2)12(14(9-10)22-3)6-7-17-16(21)13-4-5-15(20)19-18-13/h8-9H,4-7H2,1-3H3,(H,17,21)(H,19,20). The van der Waals surface area contributed by atoms with Gasteiger partial charge in [-0.25, -0.2) is 5.43 Å². The molecule has 0 fully saturated rings. The first kappa shape index (κ1) is 16.0.